The molecule has 0 bridgehead atoms. The molecular weight excluding hydrogens is 274 g/mol. The van der Waals surface area contributed by atoms with Crippen molar-refractivity contribution in [2.24, 2.45) is 0 Å². The van der Waals surface area contributed by atoms with Gasteiger partial charge in [-0.2, -0.15) is 0 Å². The van der Waals surface area contributed by atoms with Crippen LogP contribution in [0.2, 0.25) is 0 Å². The molecule has 4 nitrogen and oxygen atoms in total. The van der Waals surface area contributed by atoms with Crippen LogP contribution in [0.25, 0.3) is 0 Å². The largest absolute Gasteiger partial charge is 0.371 e. The Bertz CT molecular complexity index is 503. The summed E-state index contributed by atoms with van der Waals surface area (Å²) >= 11 is 0. The molecule has 1 unspecified atom stereocenters. The van der Waals surface area contributed by atoms with Crippen LogP contribution < -0.4 is 10.2 Å². The number of rotatable bonds is 3. The van der Waals surface area contributed by atoms with Gasteiger partial charge in [-0.1, -0.05) is 6.42 Å². The summed E-state index contributed by atoms with van der Waals surface area (Å²) in [5, 5.41) is 2.67. The van der Waals surface area contributed by atoms with Crippen LogP contribution in [-0.4, -0.2) is 49.2 Å². The van der Waals surface area contributed by atoms with Crippen molar-refractivity contribution in [3.8, 4) is 0 Å². The van der Waals surface area contributed by atoms with Gasteiger partial charge in [0, 0.05) is 32.2 Å². The maximum atomic E-state index is 14.0. The third-order valence-electron chi connectivity index (χ3n) is 4.52. The third kappa shape index (κ3) is 2.95. The standard InChI is InChI=1S/C15H22F2N4/c1-18-14-12(16)9-13(17)15(19-14)21-8-5-11(10-21)20-6-3-2-4-7-20/h9,11H,2-8,10H2,1H3,(H,18,19). The zero-order valence-electron chi connectivity index (χ0n) is 12.4. The van der Waals surface area contributed by atoms with Gasteiger partial charge < -0.3 is 10.2 Å². The molecule has 1 atom stereocenters. The summed E-state index contributed by atoms with van der Waals surface area (Å²) in [4.78, 5) is 8.54. The second kappa shape index (κ2) is 6.13. The highest BCUT2D eigenvalue weighted by atomic mass is 19.1. The number of piperidine rings is 1. The second-order valence-electron chi connectivity index (χ2n) is 5.86. The molecular formula is C15H22F2N4. The van der Waals surface area contributed by atoms with Crippen molar-refractivity contribution < 1.29 is 8.78 Å². The topological polar surface area (TPSA) is 31.4 Å². The van der Waals surface area contributed by atoms with Gasteiger partial charge in [-0.3, -0.25) is 4.90 Å². The summed E-state index contributed by atoms with van der Waals surface area (Å²) < 4.78 is 27.5. The average Bonchev–Trinajstić information content (AvgIpc) is 2.98. The van der Waals surface area contributed by atoms with Gasteiger partial charge in [-0.25, -0.2) is 13.8 Å². The SMILES string of the molecule is CNc1nc(N2CCC(N3CCCCC3)C2)c(F)cc1F. The fourth-order valence-corrected chi connectivity index (χ4v) is 3.37. The highest BCUT2D eigenvalue weighted by Gasteiger charge is 2.30. The van der Waals surface area contributed by atoms with Gasteiger partial charge in [-0.05, 0) is 32.4 Å². The Labute approximate surface area is 124 Å². The lowest BCUT2D eigenvalue weighted by Crippen LogP contribution is -2.41. The van der Waals surface area contributed by atoms with Gasteiger partial charge >= 0.3 is 0 Å². The van der Waals surface area contributed by atoms with Crippen LogP contribution in [0.15, 0.2) is 6.07 Å². The van der Waals surface area contributed by atoms with Gasteiger partial charge in [0.25, 0.3) is 0 Å². The molecule has 2 saturated heterocycles. The van der Waals surface area contributed by atoms with Crippen molar-refractivity contribution in [2.75, 3.05) is 43.4 Å². The number of anilines is 2. The number of likely N-dealkylation sites (tertiary alicyclic amines) is 1. The van der Waals surface area contributed by atoms with Gasteiger partial charge in [0.2, 0.25) is 0 Å². The van der Waals surface area contributed by atoms with E-state index in [0.717, 1.165) is 38.7 Å². The Hall–Kier alpha value is -1.43. The molecule has 2 fully saturated rings. The van der Waals surface area contributed by atoms with Gasteiger partial charge in [0.05, 0.1) is 0 Å². The lowest BCUT2D eigenvalue weighted by Gasteiger charge is -2.32. The molecule has 21 heavy (non-hydrogen) atoms. The minimum atomic E-state index is -0.648. The first-order valence-electron chi connectivity index (χ1n) is 7.72. The van der Waals surface area contributed by atoms with Crippen LogP contribution >= 0.6 is 0 Å². The van der Waals surface area contributed by atoms with Crippen LogP contribution in [0, 0.1) is 11.6 Å². The van der Waals surface area contributed by atoms with Crippen molar-refractivity contribution in [3.63, 3.8) is 0 Å². The van der Waals surface area contributed by atoms with E-state index in [0.29, 0.717) is 6.04 Å². The molecule has 1 aromatic rings. The molecule has 0 radical (unpaired) electrons. The average molecular weight is 296 g/mol. The summed E-state index contributed by atoms with van der Waals surface area (Å²) in [6.45, 7) is 3.83. The van der Waals surface area contributed by atoms with E-state index in [2.05, 4.69) is 15.2 Å². The van der Waals surface area contributed by atoms with Crippen molar-refractivity contribution in [3.05, 3.63) is 17.7 Å². The molecule has 3 heterocycles. The molecule has 0 saturated carbocycles. The third-order valence-corrected chi connectivity index (χ3v) is 4.52. The van der Waals surface area contributed by atoms with Crippen molar-refractivity contribution >= 4 is 11.6 Å². The van der Waals surface area contributed by atoms with E-state index < -0.39 is 11.6 Å². The number of nitrogens with one attached hydrogen (secondary N) is 1. The van der Waals surface area contributed by atoms with Crippen LogP contribution in [0.4, 0.5) is 20.4 Å². The number of aromatic nitrogens is 1. The fourth-order valence-electron chi connectivity index (χ4n) is 3.37. The zero-order chi connectivity index (χ0) is 14.8. The van der Waals surface area contributed by atoms with Crippen LogP contribution in [0.1, 0.15) is 25.7 Å². The summed E-state index contributed by atoms with van der Waals surface area (Å²) in [5.41, 5.74) is 0. The van der Waals surface area contributed by atoms with Crippen molar-refractivity contribution in [1.29, 1.82) is 0 Å². The molecule has 6 heteroatoms. The maximum absolute atomic E-state index is 14.0. The number of hydrogen-bond acceptors (Lipinski definition) is 4. The van der Waals surface area contributed by atoms with Gasteiger partial charge in [0.1, 0.15) is 0 Å². The second-order valence-corrected chi connectivity index (χ2v) is 5.86. The zero-order valence-corrected chi connectivity index (χ0v) is 12.4. The van der Waals surface area contributed by atoms with Crippen molar-refractivity contribution in [1.82, 2.24) is 9.88 Å². The molecule has 1 N–H and O–H groups in total. The highest BCUT2D eigenvalue weighted by Crippen LogP contribution is 2.27. The predicted octanol–water partition coefficient (Wildman–Crippen LogP) is 2.47. The highest BCUT2D eigenvalue weighted by molar-refractivity contribution is 5.49. The Balaban J connectivity index is 1.73. The molecule has 0 spiro atoms. The number of halogens is 2. The number of nitrogens with zero attached hydrogens (tertiary/aromatic N) is 3. The van der Waals surface area contributed by atoms with E-state index in [1.165, 1.54) is 19.3 Å². The minimum Gasteiger partial charge on any atom is -0.371 e. The Morgan fingerprint density at radius 1 is 1.14 bits per heavy atom. The summed E-state index contributed by atoms with van der Waals surface area (Å²) in [7, 11) is 1.59. The first kappa shape index (κ1) is 14.5. The molecule has 116 valence electrons. The van der Waals surface area contributed by atoms with E-state index in [-0.39, 0.29) is 11.6 Å². The first-order valence-corrected chi connectivity index (χ1v) is 7.72. The van der Waals surface area contributed by atoms with Gasteiger partial charge in [0.15, 0.2) is 23.3 Å². The van der Waals surface area contributed by atoms with E-state index in [1.807, 2.05) is 4.90 Å². The summed E-state index contributed by atoms with van der Waals surface area (Å²) in [6.07, 6.45) is 4.84. The minimum absolute atomic E-state index is 0.104. The van der Waals surface area contributed by atoms with Gasteiger partial charge in [-0.15, -0.1) is 0 Å². The van der Waals surface area contributed by atoms with E-state index in [9.17, 15) is 8.78 Å². The Morgan fingerprint density at radius 2 is 1.90 bits per heavy atom. The van der Waals surface area contributed by atoms with Crippen LogP contribution in [-0.2, 0) is 0 Å². The van der Waals surface area contributed by atoms with E-state index in [4.69, 9.17) is 0 Å². The van der Waals surface area contributed by atoms with Crippen LogP contribution in [0.3, 0.4) is 0 Å². The quantitative estimate of drug-likeness (QED) is 0.928. The lowest BCUT2D eigenvalue weighted by molar-refractivity contribution is 0.174. The maximum Gasteiger partial charge on any atom is 0.168 e. The molecule has 3 rings (SSSR count). The number of pyridine rings is 1. The van der Waals surface area contributed by atoms with E-state index >= 15 is 0 Å². The normalized spacial score (nSPS) is 23.6. The molecule has 0 aliphatic carbocycles. The molecule has 2 aliphatic rings. The molecule has 2 aliphatic heterocycles. The smallest absolute Gasteiger partial charge is 0.168 e. The fraction of sp³-hybridized carbons (Fsp3) is 0.667. The summed E-state index contributed by atoms with van der Waals surface area (Å²) in [5.74, 6) is -0.857. The first-order chi connectivity index (χ1) is 10.2. The predicted molar refractivity (Wildman–Crippen MR) is 79.7 cm³/mol. The number of hydrogen-bond donors (Lipinski definition) is 1. The Morgan fingerprint density at radius 3 is 2.62 bits per heavy atom. The molecule has 0 aromatic carbocycles. The lowest BCUT2D eigenvalue weighted by atomic mass is 10.1. The summed E-state index contributed by atoms with van der Waals surface area (Å²) in [6, 6.07) is 1.39. The Kier molecular flexibility index (Phi) is 4.24. The monoisotopic (exact) mass is 296 g/mol. The molecule has 0 amide bonds. The van der Waals surface area contributed by atoms with Crippen molar-refractivity contribution in [2.45, 2.75) is 31.7 Å². The molecule has 1 aromatic heterocycles. The van der Waals surface area contributed by atoms with Crippen LogP contribution in [0.5, 0.6) is 0 Å². The van der Waals surface area contributed by atoms with E-state index in [1.54, 1.807) is 7.05 Å².